The molecule has 1 saturated carbocycles. The Hall–Kier alpha value is -2.69. The van der Waals surface area contributed by atoms with Crippen molar-refractivity contribution in [3.05, 3.63) is 42.0 Å². The molecule has 5 nitrogen and oxygen atoms in total. The molecule has 0 saturated heterocycles. The van der Waals surface area contributed by atoms with E-state index in [0.29, 0.717) is 5.56 Å². The molecule has 0 spiro atoms. The Kier molecular flexibility index (Phi) is 3.33. The van der Waals surface area contributed by atoms with Crippen LogP contribution in [0.1, 0.15) is 36.0 Å². The predicted molar refractivity (Wildman–Crippen MR) is 89.7 cm³/mol. The van der Waals surface area contributed by atoms with Crippen LogP contribution in [-0.2, 0) is 4.79 Å². The lowest BCUT2D eigenvalue weighted by Gasteiger charge is -2.16. The van der Waals surface area contributed by atoms with Gasteiger partial charge in [0, 0.05) is 16.7 Å². The minimum atomic E-state index is -0.262. The zero-order valence-corrected chi connectivity index (χ0v) is 12.7. The first kappa shape index (κ1) is 13.9. The Bertz CT molecular complexity index is 828. The second kappa shape index (κ2) is 5.50. The normalized spacial score (nSPS) is 16.3. The predicted octanol–water partition coefficient (Wildman–Crippen LogP) is 2.85. The molecule has 2 aromatic rings. The zero-order chi connectivity index (χ0) is 15.8. The fraction of sp³-hybridized carbons (Fsp3) is 0.278. The van der Waals surface area contributed by atoms with Crippen LogP contribution in [0.5, 0.6) is 0 Å². The van der Waals surface area contributed by atoms with Crippen LogP contribution in [0.3, 0.4) is 0 Å². The monoisotopic (exact) mass is 307 g/mol. The fourth-order valence-corrected chi connectivity index (χ4v) is 3.35. The third-order valence-electron chi connectivity index (χ3n) is 4.47. The standard InChI is InChI=1S/C18H17N3O2/c22-16(20-19-13-7-1-2-8-13)11-21-15-10-4-6-12-5-3-9-14(17(12)15)18(21)23/h3-6,9-10H,1-2,7-8,11H2,(H,20,22). The van der Waals surface area contributed by atoms with E-state index in [0.717, 1.165) is 47.9 Å². The van der Waals surface area contributed by atoms with Crippen molar-refractivity contribution in [1.29, 1.82) is 0 Å². The highest BCUT2D eigenvalue weighted by atomic mass is 16.2. The van der Waals surface area contributed by atoms with Crippen LogP contribution in [0.2, 0.25) is 0 Å². The van der Waals surface area contributed by atoms with Crippen LogP contribution in [0.4, 0.5) is 5.69 Å². The molecule has 1 N–H and O–H groups in total. The van der Waals surface area contributed by atoms with Gasteiger partial charge in [-0.2, -0.15) is 5.10 Å². The van der Waals surface area contributed by atoms with Gasteiger partial charge in [-0.3, -0.25) is 14.5 Å². The van der Waals surface area contributed by atoms with E-state index in [1.165, 1.54) is 4.90 Å². The van der Waals surface area contributed by atoms with Gasteiger partial charge in [0.25, 0.3) is 11.8 Å². The smallest absolute Gasteiger partial charge is 0.260 e. The van der Waals surface area contributed by atoms with Crippen LogP contribution in [0.15, 0.2) is 41.5 Å². The van der Waals surface area contributed by atoms with Gasteiger partial charge in [-0.05, 0) is 43.2 Å². The lowest BCUT2D eigenvalue weighted by Crippen LogP contribution is -2.37. The number of amides is 2. The van der Waals surface area contributed by atoms with E-state index in [4.69, 9.17) is 0 Å². The molecule has 2 amide bonds. The van der Waals surface area contributed by atoms with Crippen molar-refractivity contribution in [3.8, 4) is 0 Å². The minimum absolute atomic E-state index is 0.0105. The minimum Gasteiger partial charge on any atom is -0.298 e. The van der Waals surface area contributed by atoms with Crippen LogP contribution < -0.4 is 10.3 Å². The number of carbonyl (C=O) groups is 2. The summed E-state index contributed by atoms with van der Waals surface area (Å²) in [4.78, 5) is 26.3. The van der Waals surface area contributed by atoms with Crippen molar-refractivity contribution in [1.82, 2.24) is 5.43 Å². The molecule has 5 heteroatoms. The average molecular weight is 307 g/mol. The fourth-order valence-electron chi connectivity index (χ4n) is 3.35. The number of nitrogens with zero attached hydrogens (tertiary/aromatic N) is 2. The number of hydrogen-bond acceptors (Lipinski definition) is 3. The largest absolute Gasteiger partial charge is 0.298 e. The lowest BCUT2D eigenvalue weighted by atomic mass is 10.1. The highest BCUT2D eigenvalue weighted by molar-refractivity contribution is 6.26. The van der Waals surface area contributed by atoms with Crippen LogP contribution in [0.25, 0.3) is 10.8 Å². The molecular formula is C18H17N3O2. The van der Waals surface area contributed by atoms with Crippen LogP contribution in [-0.4, -0.2) is 24.1 Å². The molecule has 1 heterocycles. The first-order valence-electron chi connectivity index (χ1n) is 7.92. The summed E-state index contributed by atoms with van der Waals surface area (Å²) in [6.45, 7) is -0.0105. The molecule has 0 radical (unpaired) electrons. The molecule has 23 heavy (non-hydrogen) atoms. The number of hydrogen-bond donors (Lipinski definition) is 1. The van der Waals surface area contributed by atoms with Crippen LogP contribution in [0, 0.1) is 0 Å². The summed E-state index contributed by atoms with van der Waals surface area (Å²) in [5.74, 6) is -0.386. The van der Waals surface area contributed by atoms with Gasteiger partial charge in [0.1, 0.15) is 6.54 Å². The van der Waals surface area contributed by atoms with Gasteiger partial charge in [0.05, 0.1) is 5.69 Å². The first-order valence-corrected chi connectivity index (χ1v) is 7.92. The van der Waals surface area contributed by atoms with E-state index < -0.39 is 0 Å². The second-order valence-corrected chi connectivity index (χ2v) is 5.99. The van der Waals surface area contributed by atoms with Crippen molar-refractivity contribution in [2.24, 2.45) is 5.10 Å². The summed E-state index contributed by atoms with van der Waals surface area (Å²) in [7, 11) is 0. The van der Waals surface area contributed by atoms with E-state index in [1.54, 1.807) is 0 Å². The number of nitrogens with one attached hydrogen (secondary N) is 1. The molecule has 1 aliphatic heterocycles. The van der Waals surface area contributed by atoms with Crippen molar-refractivity contribution in [2.75, 3.05) is 11.4 Å². The molecular weight excluding hydrogens is 290 g/mol. The highest BCUT2D eigenvalue weighted by Crippen LogP contribution is 2.36. The van der Waals surface area contributed by atoms with Gasteiger partial charge < -0.3 is 0 Å². The average Bonchev–Trinajstić information content (AvgIpc) is 3.17. The quantitative estimate of drug-likeness (QED) is 0.886. The van der Waals surface area contributed by atoms with Crippen molar-refractivity contribution in [3.63, 3.8) is 0 Å². The second-order valence-electron chi connectivity index (χ2n) is 5.99. The molecule has 1 fully saturated rings. The summed E-state index contributed by atoms with van der Waals surface area (Å²) in [6, 6.07) is 11.4. The summed E-state index contributed by atoms with van der Waals surface area (Å²) >= 11 is 0. The third-order valence-corrected chi connectivity index (χ3v) is 4.47. The van der Waals surface area contributed by atoms with Crippen molar-refractivity contribution >= 4 is 34.0 Å². The zero-order valence-electron chi connectivity index (χ0n) is 12.7. The number of hydrazone groups is 1. The lowest BCUT2D eigenvalue weighted by molar-refractivity contribution is -0.119. The maximum absolute atomic E-state index is 12.6. The van der Waals surface area contributed by atoms with Gasteiger partial charge in [-0.1, -0.05) is 24.3 Å². The molecule has 4 rings (SSSR count). The number of benzene rings is 2. The molecule has 0 atom stereocenters. The van der Waals surface area contributed by atoms with E-state index in [9.17, 15) is 9.59 Å². The Balaban J connectivity index is 1.56. The van der Waals surface area contributed by atoms with Gasteiger partial charge in [-0.25, -0.2) is 5.43 Å². The molecule has 1 aliphatic carbocycles. The molecule has 2 aliphatic rings. The molecule has 116 valence electrons. The Morgan fingerprint density at radius 3 is 2.65 bits per heavy atom. The Labute approximate surface area is 134 Å². The molecule has 0 bridgehead atoms. The van der Waals surface area contributed by atoms with E-state index in [-0.39, 0.29) is 18.4 Å². The summed E-state index contributed by atoms with van der Waals surface area (Å²) < 4.78 is 0. The summed E-state index contributed by atoms with van der Waals surface area (Å²) in [5.41, 5.74) is 5.08. The molecule has 0 aromatic heterocycles. The molecule has 2 aromatic carbocycles. The Morgan fingerprint density at radius 2 is 1.87 bits per heavy atom. The van der Waals surface area contributed by atoms with Gasteiger partial charge in [0.15, 0.2) is 0 Å². The molecule has 0 unspecified atom stereocenters. The summed E-state index contributed by atoms with van der Waals surface area (Å²) in [6.07, 6.45) is 4.18. The first-order chi connectivity index (χ1) is 11.2. The maximum atomic E-state index is 12.6. The third kappa shape index (κ3) is 2.38. The summed E-state index contributed by atoms with van der Waals surface area (Å²) in [5, 5.41) is 6.11. The maximum Gasteiger partial charge on any atom is 0.260 e. The SMILES string of the molecule is O=C(CN1C(=O)c2cccc3cccc1c23)NN=C1CCCC1. The Morgan fingerprint density at radius 1 is 1.13 bits per heavy atom. The number of carbonyl (C=O) groups excluding carboxylic acids is 2. The van der Waals surface area contributed by atoms with Gasteiger partial charge in [-0.15, -0.1) is 0 Å². The van der Waals surface area contributed by atoms with Crippen molar-refractivity contribution in [2.45, 2.75) is 25.7 Å². The van der Waals surface area contributed by atoms with E-state index in [2.05, 4.69) is 10.5 Å². The van der Waals surface area contributed by atoms with Crippen LogP contribution >= 0.6 is 0 Å². The van der Waals surface area contributed by atoms with Gasteiger partial charge in [0.2, 0.25) is 0 Å². The van der Waals surface area contributed by atoms with Gasteiger partial charge >= 0.3 is 0 Å². The van der Waals surface area contributed by atoms with E-state index in [1.807, 2.05) is 36.4 Å². The number of rotatable bonds is 3. The number of anilines is 1. The van der Waals surface area contributed by atoms with E-state index >= 15 is 0 Å². The van der Waals surface area contributed by atoms with Crippen molar-refractivity contribution < 1.29 is 9.59 Å². The highest BCUT2D eigenvalue weighted by Gasteiger charge is 2.30. The topological polar surface area (TPSA) is 61.8 Å².